The van der Waals surface area contributed by atoms with Crippen molar-refractivity contribution < 1.29 is 9.94 Å². The fraction of sp³-hybridized carbons (Fsp3) is 0.333. The Hall–Kier alpha value is -0.640. The summed E-state index contributed by atoms with van der Waals surface area (Å²) in [6.45, 7) is 7.10. The van der Waals surface area contributed by atoms with Gasteiger partial charge in [0.25, 0.3) is 0 Å². The Morgan fingerprint density at radius 3 is 2.78 bits per heavy atom. The molecule has 0 amide bonds. The third kappa shape index (κ3) is 5.23. The number of hydrogen-bond acceptors (Lipinski definition) is 3. The molecule has 1 unspecified atom stereocenters. The third-order valence-electron chi connectivity index (χ3n) is 0.629. The van der Waals surface area contributed by atoms with Crippen LogP contribution in [0.4, 0.5) is 0 Å². The normalized spacial score (nSPS) is 12.6. The van der Waals surface area contributed by atoms with Crippen LogP contribution >= 0.6 is 0 Å². The second-order valence-corrected chi connectivity index (χ2v) is 1.40. The molecule has 9 heavy (non-hydrogen) atoms. The van der Waals surface area contributed by atoms with Gasteiger partial charge in [-0.05, 0) is 6.08 Å². The minimum atomic E-state index is -0.801. The summed E-state index contributed by atoms with van der Waals surface area (Å²) in [4.78, 5) is 4.65. The number of aliphatic hydroxyl groups excluding tert-OH is 1. The Labute approximate surface area is 54.6 Å². The first-order valence-corrected chi connectivity index (χ1v) is 2.60. The zero-order valence-electron chi connectivity index (χ0n) is 5.21. The van der Waals surface area contributed by atoms with Gasteiger partial charge in [0.2, 0.25) is 0 Å². The second kappa shape index (κ2) is 5.50. The predicted molar refractivity (Wildman–Crippen MR) is 35.5 cm³/mol. The monoisotopic (exact) mass is 129 g/mol. The average Bonchev–Trinajstić information content (AvgIpc) is 1.89. The highest BCUT2D eigenvalue weighted by molar-refractivity contribution is 4.73. The van der Waals surface area contributed by atoms with Crippen LogP contribution in [0.2, 0.25) is 0 Å². The summed E-state index contributed by atoms with van der Waals surface area (Å²) >= 11 is 0. The Morgan fingerprint density at radius 1 is 1.67 bits per heavy atom. The van der Waals surface area contributed by atoms with Crippen LogP contribution in [0.1, 0.15) is 0 Å². The molecule has 0 rings (SSSR count). The van der Waals surface area contributed by atoms with Crippen molar-refractivity contribution in [2.45, 2.75) is 6.23 Å². The molecular formula is C6H11NO2. The van der Waals surface area contributed by atoms with Gasteiger partial charge in [0.15, 0.2) is 0 Å². The molecule has 0 aromatic heterocycles. The molecule has 0 radical (unpaired) electrons. The summed E-state index contributed by atoms with van der Waals surface area (Å²) in [6, 6.07) is 0. The van der Waals surface area contributed by atoms with E-state index in [2.05, 4.69) is 23.5 Å². The van der Waals surface area contributed by atoms with Gasteiger partial charge in [-0.3, -0.25) is 4.84 Å². The van der Waals surface area contributed by atoms with E-state index in [0.29, 0.717) is 6.61 Å². The van der Waals surface area contributed by atoms with Gasteiger partial charge in [-0.1, -0.05) is 12.7 Å². The molecule has 0 bridgehead atoms. The van der Waals surface area contributed by atoms with E-state index >= 15 is 0 Å². The smallest absolute Gasteiger partial charge is 0.145 e. The molecule has 0 heterocycles. The first-order chi connectivity index (χ1) is 4.31. The molecule has 0 fully saturated rings. The Balaban J connectivity index is 3.05. The lowest BCUT2D eigenvalue weighted by Crippen LogP contribution is -2.26. The van der Waals surface area contributed by atoms with E-state index in [0.717, 1.165) is 0 Å². The summed E-state index contributed by atoms with van der Waals surface area (Å²) in [5, 5.41) is 8.70. The standard InChI is InChI=1S/C6H11NO2/c1-3-5-9-7-6(8)4-2/h3-4,6-8H,1-2,5H2. The van der Waals surface area contributed by atoms with Gasteiger partial charge in [-0.2, -0.15) is 5.48 Å². The lowest BCUT2D eigenvalue weighted by molar-refractivity contribution is -0.0233. The van der Waals surface area contributed by atoms with Crippen LogP contribution in [0.5, 0.6) is 0 Å². The molecule has 0 aliphatic rings. The van der Waals surface area contributed by atoms with E-state index in [1.165, 1.54) is 6.08 Å². The van der Waals surface area contributed by atoms with E-state index in [4.69, 9.17) is 5.11 Å². The first-order valence-electron chi connectivity index (χ1n) is 2.60. The number of nitrogens with one attached hydrogen (secondary N) is 1. The quantitative estimate of drug-likeness (QED) is 0.241. The van der Waals surface area contributed by atoms with E-state index in [9.17, 15) is 0 Å². The molecule has 52 valence electrons. The highest BCUT2D eigenvalue weighted by Crippen LogP contribution is 1.76. The van der Waals surface area contributed by atoms with Crippen molar-refractivity contribution in [1.29, 1.82) is 0 Å². The van der Waals surface area contributed by atoms with Crippen LogP contribution < -0.4 is 5.48 Å². The van der Waals surface area contributed by atoms with Crippen LogP contribution in [0.3, 0.4) is 0 Å². The summed E-state index contributed by atoms with van der Waals surface area (Å²) in [6.07, 6.45) is 2.09. The topological polar surface area (TPSA) is 41.5 Å². The summed E-state index contributed by atoms with van der Waals surface area (Å²) in [7, 11) is 0. The van der Waals surface area contributed by atoms with Crippen LogP contribution in [0.15, 0.2) is 25.3 Å². The lowest BCUT2D eigenvalue weighted by atomic mass is 10.6. The first kappa shape index (κ1) is 8.36. The van der Waals surface area contributed by atoms with Gasteiger partial charge in [0.1, 0.15) is 6.23 Å². The van der Waals surface area contributed by atoms with Crippen molar-refractivity contribution >= 4 is 0 Å². The summed E-state index contributed by atoms with van der Waals surface area (Å²) in [5.41, 5.74) is 2.30. The summed E-state index contributed by atoms with van der Waals surface area (Å²) in [5.74, 6) is 0. The molecule has 3 heteroatoms. The highest BCUT2D eigenvalue weighted by Gasteiger charge is 1.91. The molecule has 0 saturated heterocycles. The molecule has 0 aliphatic carbocycles. The van der Waals surface area contributed by atoms with Crippen LogP contribution in [-0.2, 0) is 4.84 Å². The van der Waals surface area contributed by atoms with Crippen molar-refractivity contribution in [3.63, 3.8) is 0 Å². The van der Waals surface area contributed by atoms with Crippen LogP contribution in [0.25, 0.3) is 0 Å². The fourth-order valence-corrected chi connectivity index (χ4v) is 0.241. The van der Waals surface area contributed by atoms with Gasteiger partial charge in [0, 0.05) is 0 Å². The molecule has 1 atom stereocenters. The van der Waals surface area contributed by atoms with Crippen molar-refractivity contribution in [1.82, 2.24) is 5.48 Å². The maximum absolute atomic E-state index is 8.70. The highest BCUT2D eigenvalue weighted by atomic mass is 16.7. The zero-order valence-corrected chi connectivity index (χ0v) is 5.21. The van der Waals surface area contributed by atoms with Crippen LogP contribution in [-0.4, -0.2) is 17.9 Å². The fourth-order valence-electron chi connectivity index (χ4n) is 0.241. The van der Waals surface area contributed by atoms with E-state index in [-0.39, 0.29) is 0 Å². The molecule has 0 aliphatic heterocycles. The van der Waals surface area contributed by atoms with Gasteiger partial charge < -0.3 is 5.11 Å². The van der Waals surface area contributed by atoms with E-state index in [1.807, 2.05) is 0 Å². The van der Waals surface area contributed by atoms with Crippen molar-refractivity contribution in [3.8, 4) is 0 Å². The van der Waals surface area contributed by atoms with Crippen molar-refractivity contribution in [2.24, 2.45) is 0 Å². The molecule has 0 aromatic carbocycles. The van der Waals surface area contributed by atoms with Gasteiger partial charge >= 0.3 is 0 Å². The number of hydroxylamine groups is 1. The molecular weight excluding hydrogens is 118 g/mol. The zero-order chi connectivity index (χ0) is 7.11. The number of hydrogen-bond donors (Lipinski definition) is 2. The minimum Gasteiger partial charge on any atom is -0.373 e. The van der Waals surface area contributed by atoms with Gasteiger partial charge in [0.05, 0.1) is 6.61 Å². The Morgan fingerprint density at radius 2 is 2.33 bits per heavy atom. The summed E-state index contributed by atoms with van der Waals surface area (Å²) < 4.78 is 0. The molecule has 0 aromatic rings. The molecule has 0 saturated carbocycles. The molecule has 0 spiro atoms. The van der Waals surface area contributed by atoms with E-state index < -0.39 is 6.23 Å². The van der Waals surface area contributed by atoms with Crippen molar-refractivity contribution in [3.05, 3.63) is 25.3 Å². The average molecular weight is 129 g/mol. The van der Waals surface area contributed by atoms with Gasteiger partial charge in [-0.15, -0.1) is 6.58 Å². The molecule has 3 nitrogen and oxygen atoms in total. The predicted octanol–water partition coefficient (Wildman–Crippen LogP) is 0.198. The minimum absolute atomic E-state index is 0.366. The second-order valence-electron chi connectivity index (χ2n) is 1.40. The Kier molecular flexibility index (Phi) is 5.11. The molecule has 2 N–H and O–H groups in total. The van der Waals surface area contributed by atoms with Crippen molar-refractivity contribution in [2.75, 3.05) is 6.61 Å². The third-order valence-corrected chi connectivity index (χ3v) is 0.629. The van der Waals surface area contributed by atoms with Crippen LogP contribution in [0, 0.1) is 0 Å². The maximum Gasteiger partial charge on any atom is 0.145 e. The lowest BCUT2D eigenvalue weighted by Gasteiger charge is -2.05. The maximum atomic E-state index is 8.70. The number of rotatable bonds is 5. The van der Waals surface area contributed by atoms with Gasteiger partial charge in [-0.25, -0.2) is 0 Å². The SMILES string of the molecule is C=CCONC(O)C=C. The Bertz CT molecular complexity index is 93.1. The number of aliphatic hydroxyl groups is 1. The van der Waals surface area contributed by atoms with E-state index in [1.54, 1.807) is 6.08 Å². The largest absolute Gasteiger partial charge is 0.373 e.